The molecule has 3 aliphatic heterocycles. The average Bonchev–Trinajstić information content (AvgIpc) is 3.31. The van der Waals surface area contributed by atoms with Gasteiger partial charge in [-0.1, -0.05) is 6.58 Å². The molecule has 9 nitrogen and oxygen atoms in total. The van der Waals surface area contributed by atoms with Crippen LogP contribution in [0.25, 0.3) is 0 Å². The van der Waals surface area contributed by atoms with E-state index in [0.29, 0.717) is 39.3 Å². The zero-order chi connectivity index (χ0) is 26.1. The first-order valence-corrected chi connectivity index (χ1v) is 12.4. The Morgan fingerprint density at radius 3 is 2.76 bits per heavy atom. The third-order valence-electron chi connectivity index (χ3n) is 7.15. The number of fused-ring (bicyclic) bond motifs is 1. The lowest BCUT2D eigenvalue weighted by Crippen LogP contribution is -2.49. The normalized spacial score (nSPS) is 21.3. The first-order chi connectivity index (χ1) is 17.9. The summed E-state index contributed by atoms with van der Waals surface area (Å²) in [6.07, 6.45) is 2.71. The Bertz CT molecular complexity index is 1230. The van der Waals surface area contributed by atoms with Gasteiger partial charge in [-0.15, -0.1) is 0 Å². The molecule has 5 rings (SSSR count). The Morgan fingerprint density at radius 2 is 2.03 bits per heavy atom. The Labute approximate surface area is 213 Å². The fourth-order valence-corrected chi connectivity index (χ4v) is 5.06. The van der Waals surface area contributed by atoms with Gasteiger partial charge < -0.3 is 30.5 Å². The summed E-state index contributed by atoms with van der Waals surface area (Å²) in [4.78, 5) is 32.8. The van der Waals surface area contributed by atoms with Gasteiger partial charge in [0.15, 0.2) is 11.6 Å². The van der Waals surface area contributed by atoms with Crippen molar-refractivity contribution in [2.24, 2.45) is 0 Å². The Hall–Kier alpha value is -3.73. The lowest BCUT2D eigenvalue weighted by molar-refractivity contribution is -0.129. The highest BCUT2D eigenvalue weighted by Gasteiger charge is 2.33. The molecule has 196 valence electrons. The van der Waals surface area contributed by atoms with Crippen molar-refractivity contribution in [3.8, 4) is 0 Å². The quantitative estimate of drug-likeness (QED) is 0.512. The highest BCUT2D eigenvalue weighted by Crippen LogP contribution is 2.34. The lowest BCUT2D eigenvalue weighted by atomic mass is 9.99. The molecule has 3 aliphatic rings. The second-order valence-corrected chi connectivity index (χ2v) is 9.51. The van der Waals surface area contributed by atoms with E-state index in [0.717, 1.165) is 12.1 Å². The van der Waals surface area contributed by atoms with Crippen LogP contribution in [0.15, 0.2) is 30.9 Å². The molecular weight excluding hydrogens is 482 g/mol. The summed E-state index contributed by atoms with van der Waals surface area (Å²) < 4.78 is 35.9. The number of nitrogens with one attached hydrogen (secondary N) is 3. The Morgan fingerprint density at radius 1 is 1.24 bits per heavy atom. The van der Waals surface area contributed by atoms with Crippen molar-refractivity contribution in [2.45, 2.75) is 38.4 Å². The largest absolute Gasteiger partial charge is 0.378 e. The third kappa shape index (κ3) is 4.95. The molecule has 2 saturated heterocycles. The number of morpholine rings is 1. The molecule has 0 bridgehead atoms. The summed E-state index contributed by atoms with van der Waals surface area (Å²) in [5.74, 6) is -1.80. The van der Waals surface area contributed by atoms with Crippen molar-refractivity contribution in [3.63, 3.8) is 0 Å². The van der Waals surface area contributed by atoms with Crippen LogP contribution < -0.4 is 20.9 Å². The van der Waals surface area contributed by atoms with Gasteiger partial charge in [-0.2, -0.15) is 0 Å². The van der Waals surface area contributed by atoms with Crippen molar-refractivity contribution < 1.29 is 23.1 Å². The number of ether oxygens (including phenoxy) is 1. The van der Waals surface area contributed by atoms with Crippen molar-refractivity contribution in [3.05, 3.63) is 53.6 Å². The molecular formula is C26H30F2N6O3. The van der Waals surface area contributed by atoms with Crippen molar-refractivity contribution in [2.75, 3.05) is 48.4 Å². The molecule has 3 N–H and O–H groups in total. The third-order valence-corrected chi connectivity index (χ3v) is 7.15. The van der Waals surface area contributed by atoms with Crippen LogP contribution in [0.3, 0.4) is 0 Å². The average molecular weight is 513 g/mol. The second-order valence-electron chi connectivity index (χ2n) is 9.51. The number of anilines is 4. The fourth-order valence-electron chi connectivity index (χ4n) is 5.06. The first-order valence-electron chi connectivity index (χ1n) is 12.4. The van der Waals surface area contributed by atoms with Crippen LogP contribution in [0.1, 0.15) is 35.7 Å². The molecule has 0 saturated carbocycles. The first kappa shape index (κ1) is 24.9. The molecule has 4 heterocycles. The maximum atomic E-state index is 15.4. The van der Waals surface area contributed by atoms with Gasteiger partial charge in [-0.05, 0) is 44.0 Å². The van der Waals surface area contributed by atoms with E-state index in [4.69, 9.17) is 4.74 Å². The molecule has 2 atom stereocenters. The molecule has 37 heavy (non-hydrogen) atoms. The number of pyridine rings is 1. The molecule has 2 fully saturated rings. The number of carbonyl (C=O) groups excluding carboxylic acids is 2. The number of aromatic nitrogens is 1. The molecule has 0 spiro atoms. The van der Waals surface area contributed by atoms with E-state index in [1.54, 1.807) is 17.0 Å². The standard InChI is InChI=1S/C26H30F2N6O3/c1-3-21(35)34-14-16(5-4-15(34)2)30-25-23(28)18-13-29-26(36)22(18)24(32-25)31-20-7-6-17(12-19(20)27)33-8-10-37-11-9-33/h3,6-7,12,15-16H,1,4-5,8-11,13-14H2,2H3,(H,29,36)(H2,30,31,32). The number of rotatable bonds is 6. The molecule has 0 radical (unpaired) electrons. The summed E-state index contributed by atoms with van der Waals surface area (Å²) in [7, 11) is 0. The predicted molar refractivity (Wildman–Crippen MR) is 136 cm³/mol. The summed E-state index contributed by atoms with van der Waals surface area (Å²) in [5.41, 5.74) is 1.08. The SMILES string of the molecule is C=CC(=O)N1CC(Nc2nc(Nc3ccc(N4CCOCC4)cc3F)c3c(c2F)CNC3=O)CCC1C. The van der Waals surface area contributed by atoms with Crippen LogP contribution in [0.5, 0.6) is 0 Å². The number of hydrogen-bond donors (Lipinski definition) is 3. The predicted octanol–water partition coefficient (Wildman–Crippen LogP) is 3.16. The molecule has 0 aliphatic carbocycles. The molecule has 1 aromatic carbocycles. The molecule has 2 unspecified atom stereocenters. The van der Waals surface area contributed by atoms with Crippen LogP contribution in [0.4, 0.5) is 31.8 Å². The maximum absolute atomic E-state index is 15.4. The highest BCUT2D eigenvalue weighted by atomic mass is 19.1. The van der Waals surface area contributed by atoms with E-state index in [1.807, 2.05) is 11.8 Å². The van der Waals surface area contributed by atoms with E-state index in [2.05, 4.69) is 27.5 Å². The minimum absolute atomic E-state index is 0.00705. The molecule has 11 heteroatoms. The summed E-state index contributed by atoms with van der Waals surface area (Å²) >= 11 is 0. The van der Waals surface area contributed by atoms with Crippen LogP contribution in [-0.4, -0.2) is 66.6 Å². The van der Waals surface area contributed by atoms with Crippen LogP contribution in [0, 0.1) is 11.6 Å². The van der Waals surface area contributed by atoms with Gasteiger partial charge in [-0.25, -0.2) is 13.8 Å². The summed E-state index contributed by atoms with van der Waals surface area (Å²) in [6.45, 7) is 8.40. The number of carbonyl (C=O) groups is 2. The number of likely N-dealkylation sites (tertiary alicyclic amines) is 1. The molecule has 1 aromatic heterocycles. The van der Waals surface area contributed by atoms with Gasteiger partial charge in [-0.3, -0.25) is 9.59 Å². The molecule has 2 aromatic rings. The monoisotopic (exact) mass is 512 g/mol. The zero-order valence-electron chi connectivity index (χ0n) is 20.7. The van der Waals surface area contributed by atoms with Crippen LogP contribution in [-0.2, 0) is 16.1 Å². The van der Waals surface area contributed by atoms with E-state index in [1.165, 1.54) is 12.1 Å². The zero-order valence-corrected chi connectivity index (χ0v) is 20.7. The fraction of sp³-hybridized carbons (Fsp3) is 0.423. The number of amides is 2. The van der Waals surface area contributed by atoms with Crippen molar-refractivity contribution in [1.29, 1.82) is 0 Å². The van der Waals surface area contributed by atoms with Gasteiger partial charge in [0, 0.05) is 49.5 Å². The van der Waals surface area contributed by atoms with Crippen LogP contribution >= 0.6 is 0 Å². The Kier molecular flexibility index (Phi) is 6.96. The van der Waals surface area contributed by atoms with Gasteiger partial charge >= 0.3 is 0 Å². The number of nitrogens with zero attached hydrogens (tertiary/aromatic N) is 3. The van der Waals surface area contributed by atoms with Gasteiger partial charge in [0.05, 0.1) is 24.5 Å². The maximum Gasteiger partial charge on any atom is 0.255 e. The number of piperidine rings is 1. The van der Waals surface area contributed by atoms with Gasteiger partial charge in [0.1, 0.15) is 11.6 Å². The van der Waals surface area contributed by atoms with E-state index < -0.39 is 17.5 Å². The Balaban J connectivity index is 1.41. The topological polar surface area (TPSA) is 98.8 Å². The number of benzene rings is 1. The number of halogens is 2. The summed E-state index contributed by atoms with van der Waals surface area (Å²) in [5, 5.41) is 8.64. The number of hydrogen-bond acceptors (Lipinski definition) is 7. The van der Waals surface area contributed by atoms with Gasteiger partial charge in [0.2, 0.25) is 5.91 Å². The van der Waals surface area contributed by atoms with Crippen molar-refractivity contribution in [1.82, 2.24) is 15.2 Å². The summed E-state index contributed by atoms with van der Waals surface area (Å²) in [6, 6.07) is 4.59. The molecule has 2 amide bonds. The van der Waals surface area contributed by atoms with Crippen molar-refractivity contribution >= 4 is 34.8 Å². The lowest BCUT2D eigenvalue weighted by Gasteiger charge is -2.38. The van der Waals surface area contributed by atoms with Crippen LogP contribution in [0.2, 0.25) is 0 Å². The van der Waals surface area contributed by atoms with E-state index in [9.17, 15) is 9.59 Å². The smallest absolute Gasteiger partial charge is 0.255 e. The minimum Gasteiger partial charge on any atom is -0.378 e. The highest BCUT2D eigenvalue weighted by molar-refractivity contribution is 6.03. The second kappa shape index (κ2) is 10.3. The minimum atomic E-state index is -0.637. The van der Waals surface area contributed by atoms with Gasteiger partial charge in [0.25, 0.3) is 5.91 Å². The van der Waals surface area contributed by atoms with E-state index >= 15 is 8.78 Å². The van der Waals surface area contributed by atoms with E-state index in [-0.39, 0.29) is 53.0 Å².